The quantitative estimate of drug-likeness (QED) is 0.781. The van der Waals surface area contributed by atoms with Crippen LogP contribution in [0.15, 0.2) is 24.3 Å². The van der Waals surface area contributed by atoms with Crippen LogP contribution in [0.5, 0.6) is 0 Å². The molecule has 1 aromatic heterocycles. The second-order valence-electron chi connectivity index (χ2n) is 4.39. The van der Waals surface area contributed by atoms with Gasteiger partial charge in [0, 0.05) is 17.0 Å². The molecular formula is C14H13Cl3N2OS. The van der Waals surface area contributed by atoms with Gasteiger partial charge in [-0.25, -0.2) is 0 Å². The van der Waals surface area contributed by atoms with Crippen molar-refractivity contribution in [2.45, 2.75) is 13.5 Å². The second kappa shape index (κ2) is 6.88. The predicted octanol–water partition coefficient (Wildman–Crippen LogP) is 4.95. The van der Waals surface area contributed by atoms with Crippen LogP contribution in [0.2, 0.25) is 14.4 Å². The first-order chi connectivity index (χ1) is 9.92. The number of nitrogens with two attached hydrogens (primary N) is 1. The van der Waals surface area contributed by atoms with Crippen LogP contribution in [0, 0.1) is 0 Å². The highest BCUT2D eigenvalue weighted by atomic mass is 35.5. The Hall–Kier alpha value is -0.940. The molecular weight excluding hydrogens is 351 g/mol. The molecule has 0 aliphatic carbocycles. The molecule has 0 unspecified atom stereocenters. The van der Waals surface area contributed by atoms with Crippen LogP contribution in [0.4, 0.5) is 5.69 Å². The van der Waals surface area contributed by atoms with Gasteiger partial charge in [0.1, 0.15) is 0 Å². The summed E-state index contributed by atoms with van der Waals surface area (Å²) < 4.78 is 0.701. The average Bonchev–Trinajstić information content (AvgIpc) is 2.86. The number of carbonyl (C=O) groups excluding carboxylic acids is 1. The van der Waals surface area contributed by atoms with E-state index in [2.05, 4.69) is 0 Å². The number of anilines is 1. The fourth-order valence-electron chi connectivity index (χ4n) is 1.87. The van der Waals surface area contributed by atoms with Crippen molar-refractivity contribution in [3.63, 3.8) is 0 Å². The molecule has 21 heavy (non-hydrogen) atoms. The van der Waals surface area contributed by atoms with E-state index in [1.54, 1.807) is 11.0 Å². The zero-order valence-electron chi connectivity index (χ0n) is 11.2. The van der Waals surface area contributed by atoms with Crippen molar-refractivity contribution in [3.05, 3.63) is 49.1 Å². The summed E-state index contributed by atoms with van der Waals surface area (Å²) in [6.45, 7) is 2.97. The van der Waals surface area contributed by atoms with Gasteiger partial charge in [-0.1, -0.05) is 34.8 Å². The maximum Gasteiger partial charge on any atom is 0.254 e. The van der Waals surface area contributed by atoms with Crippen LogP contribution in [0.3, 0.4) is 0 Å². The molecule has 7 heteroatoms. The summed E-state index contributed by atoms with van der Waals surface area (Å²) in [6.07, 6.45) is 0. The average molecular weight is 364 g/mol. The van der Waals surface area contributed by atoms with Crippen molar-refractivity contribution in [2.75, 3.05) is 12.3 Å². The zero-order chi connectivity index (χ0) is 15.6. The fourth-order valence-corrected chi connectivity index (χ4v) is 3.31. The van der Waals surface area contributed by atoms with Gasteiger partial charge in [0.15, 0.2) is 0 Å². The van der Waals surface area contributed by atoms with E-state index in [1.807, 2.05) is 19.1 Å². The van der Waals surface area contributed by atoms with Crippen molar-refractivity contribution in [2.24, 2.45) is 0 Å². The summed E-state index contributed by atoms with van der Waals surface area (Å²) in [5.41, 5.74) is 6.47. The Morgan fingerprint density at radius 2 is 2.00 bits per heavy atom. The van der Waals surface area contributed by atoms with Crippen molar-refractivity contribution < 1.29 is 4.79 Å². The first-order valence-electron chi connectivity index (χ1n) is 6.20. The highest BCUT2D eigenvalue weighted by Crippen LogP contribution is 2.30. The fraction of sp³-hybridized carbons (Fsp3) is 0.214. The van der Waals surface area contributed by atoms with Gasteiger partial charge in [0.2, 0.25) is 0 Å². The largest absolute Gasteiger partial charge is 0.397 e. The van der Waals surface area contributed by atoms with Gasteiger partial charge in [0.05, 0.1) is 26.6 Å². The number of nitrogens with zero attached hydrogens (tertiary/aromatic N) is 1. The van der Waals surface area contributed by atoms with Crippen LogP contribution in [0.25, 0.3) is 0 Å². The summed E-state index contributed by atoms with van der Waals surface area (Å²) in [5.74, 6) is -0.146. The molecule has 0 saturated carbocycles. The Kier molecular flexibility index (Phi) is 5.38. The van der Waals surface area contributed by atoms with Crippen LogP contribution < -0.4 is 5.73 Å². The molecule has 1 heterocycles. The Labute approximate surface area is 142 Å². The number of amides is 1. The molecule has 0 bridgehead atoms. The summed E-state index contributed by atoms with van der Waals surface area (Å²) in [6, 6.07) is 6.80. The molecule has 0 radical (unpaired) electrons. The SMILES string of the molecule is CCN(Cc1ccc(Cl)s1)C(=O)c1cc(N)c(Cl)c(Cl)c1. The summed E-state index contributed by atoms with van der Waals surface area (Å²) in [4.78, 5) is 15.3. The molecule has 1 amide bonds. The van der Waals surface area contributed by atoms with E-state index in [0.29, 0.717) is 28.7 Å². The standard InChI is InChI=1S/C14H13Cl3N2OS/c1-2-19(7-9-3-4-12(16)21-9)14(20)8-5-10(15)13(17)11(18)6-8/h3-6H,2,7,18H2,1H3. The zero-order valence-corrected chi connectivity index (χ0v) is 14.3. The van der Waals surface area contributed by atoms with Crippen molar-refractivity contribution in [1.29, 1.82) is 0 Å². The van der Waals surface area contributed by atoms with Crippen molar-refractivity contribution >= 4 is 57.7 Å². The van der Waals surface area contributed by atoms with E-state index in [-0.39, 0.29) is 16.0 Å². The Balaban J connectivity index is 2.24. The van der Waals surface area contributed by atoms with E-state index in [0.717, 1.165) is 4.88 Å². The lowest BCUT2D eigenvalue weighted by Crippen LogP contribution is -2.30. The molecule has 0 aliphatic rings. The molecule has 2 N–H and O–H groups in total. The third-order valence-corrected chi connectivity index (χ3v) is 4.98. The molecule has 0 spiro atoms. The highest BCUT2D eigenvalue weighted by molar-refractivity contribution is 7.16. The van der Waals surface area contributed by atoms with E-state index in [9.17, 15) is 4.79 Å². The maximum absolute atomic E-state index is 12.5. The molecule has 0 aliphatic heterocycles. The Bertz CT molecular complexity index is 649. The Morgan fingerprint density at radius 3 is 2.52 bits per heavy atom. The molecule has 0 atom stereocenters. The van der Waals surface area contributed by atoms with Crippen molar-refractivity contribution in [1.82, 2.24) is 4.90 Å². The van der Waals surface area contributed by atoms with Gasteiger partial charge in [0.25, 0.3) is 5.91 Å². The first-order valence-corrected chi connectivity index (χ1v) is 8.15. The highest BCUT2D eigenvalue weighted by Gasteiger charge is 2.18. The van der Waals surface area contributed by atoms with Gasteiger partial charge < -0.3 is 10.6 Å². The number of rotatable bonds is 4. The molecule has 3 nitrogen and oxygen atoms in total. The predicted molar refractivity (Wildman–Crippen MR) is 90.6 cm³/mol. The van der Waals surface area contributed by atoms with Gasteiger partial charge >= 0.3 is 0 Å². The monoisotopic (exact) mass is 362 g/mol. The van der Waals surface area contributed by atoms with E-state index in [1.165, 1.54) is 17.4 Å². The van der Waals surface area contributed by atoms with Gasteiger partial charge in [-0.05, 0) is 31.2 Å². The minimum atomic E-state index is -0.146. The minimum absolute atomic E-state index is 0.146. The van der Waals surface area contributed by atoms with Crippen LogP contribution in [-0.4, -0.2) is 17.4 Å². The molecule has 2 rings (SSSR count). The van der Waals surface area contributed by atoms with E-state index >= 15 is 0 Å². The van der Waals surface area contributed by atoms with Gasteiger partial charge in [-0.15, -0.1) is 11.3 Å². The Morgan fingerprint density at radius 1 is 1.29 bits per heavy atom. The lowest BCUT2D eigenvalue weighted by molar-refractivity contribution is 0.0754. The van der Waals surface area contributed by atoms with Crippen LogP contribution >= 0.6 is 46.1 Å². The topological polar surface area (TPSA) is 46.3 Å². The normalized spacial score (nSPS) is 10.7. The molecule has 1 aromatic carbocycles. The number of benzene rings is 1. The number of thiophene rings is 1. The number of hydrogen-bond acceptors (Lipinski definition) is 3. The van der Waals surface area contributed by atoms with E-state index in [4.69, 9.17) is 40.5 Å². The molecule has 2 aromatic rings. The van der Waals surface area contributed by atoms with Crippen LogP contribution in [0.1, 0.15) is 22.2 Å². The lowest BCUT2D eigenvalue weighted by Gasteiger charge is -2.20. The van der Waals surface area contributed by atoms with Gasteiger partial charge in [-0.2, -0.15) is 0 Å². The number of nitrogen functional groups attached to an aromatic ring is 1. The molecule has 0 fully saturated rings. The molecule has 112 valence electrons. The van der Waals surface area contributed by atoms with E-state index < -0.39 is 0 Å². The minimum Gasteiger partial charge on any atom is -0.397 e. The number of hydrogen-bond donors (Lipinski definition) is 1. The number of carbonyl (C=O) groups is 1. The lowest BCUT2D eigenvalue weighted by atomic mass is 10.1. The summed E-state index contributed by atoms with van der Waals surface area (Å²) in [7, 11) is 0. The van der Waals surface area contributed by atoms with Crippen molar-refractivity contribution in [3.8, 4) is 0 Å². The van der Waals surface area contributed by atoms with Gasteiger partial charge in [-0.3, -0.25) is 4.79 Å². The third kappa shape index (κ3) is 3.83. The summed E-state index contributed by atoms with van der Waals surface area (Å²) >= 11 is 19.2. The second-order valence-corrected chi connectivity index (χ2v) is 6.97. The first kappa shape index (κ1) is 16.4. The smallest absolute Gasteiger partial charge is 0.254 e. The summed E-state index contributed by atoms with van der Waals surface area (Å²) in [5, 5.41) is 0.538. The van der Waals surface area contributed by atoms with Crippen LogP contribution in [-0.2, 0) is 6.54 Å². The molecule has 0 saturated heterocycles. The third-order valence-electron chi connectivity index (χ3n) is 2.95. The number of halogens is 3. The maximum atomic E-state index is 12.5.